The smallest absolute Gasteiger partial charge is 0.336 e. The van der Waals surface area contributed by atoms with Crippen LogP contribution in [0.15, 0.2) is 0 Å². The van der Waals surface area contributed by atoms with Gasteiger partial charge in [0.05, 0.1) is 0 Å². The Bertz CT molecular complexity index is 999. The first-order valence-electron chi connectivity index (χ1n) is 17.2. The van der Waals surface area contributed by atoms with E-state index in [1.54, 1.807) is 0 Å². The standard InChI is InChI=1S/C34H64N8O4/c1-31(2)17-25(37-27(43)35-13-11-15-39(7)8)19-33(5,21-31)23-41-29(45)42(30(41)46)24-34(6)20-26(18-32(3,4)22-34)38-28(44)36-14-12-16-40(9)10/h25-26H,11-24H2,1-10H3,(H2,35,37,43)(H2,36,38,44). The summed E-state index contributed by atoms with van der Waals surface area (Å²) in [4.78, 5) is 59.3. The molecule has 8 amide bonds. The Morgan fingerprint density at radius 2 is 1.00 bits per heavy atom. The van der Waals surface area contributed by atoms with Crippen LogP contribution in [0, 0.1) is 21.7 Å². The molecule has 0 bridgehead atoms. The summed E-state index contributed by atoms with van der Waals surface area (Å²) < 4.78 is 0. The summed E-state index contributed by atoms with van der Waals surface area (Å²) in [6, 6.07) is -0.893. The highest BCUT2D eigenvalue weighted by atomic mass is 16.2. The number of hydrogen-bond donors (Lipinski definition) is 4. The molecule has 2 saturated carbocycles. The van der Waals surface area contributed by atoms with Crippen molar-refractivity contribution in [3.05, 3.63) is 0 Å². The minimum atomic E-state index is -0.312. The molecule has 4 atom stereocenters. The van der Waals surface area contributed by atoms with Crippen LogP contribution in [0.3, 0.4) is 0 Å². The van der Waals surface area contributed by atoms with Gasteiger partial charge in [0.1, 0.15) is 0 Å². The molecule has 0 aromatic carbocycles. The molecule has 2 aliphatic carbocycles. The first-order valence-corrected chi connectivity index (χ1v) is 17.2. The molecule has 1 heterocycles. The van der Waals surface area contributed by atoms with Gasteiger partial charge in [0.25, 0.3) is 0 Å². The number of nitrogens with zero attached hydrogens (tertiary/aromatic N) is 4. The Morgan fingerprint density at radius 1 is 0.652 bits per heavy atom. The molecular weight excluding hydrogens is 584 g/mol. The van der Waals surface area contributed by atoms with Crippen LogP contribution in [-0.2, 0) is 0 Å². The fourth-order valence-electron chi connectivity index (χ4n) is 8.82. The number of hydrogen-bond acceptors (Lipinski definition) is 6. The molecule has 3 aliphatic rings. The van der Waals surface area contributed by atoms with E-state index in [0.29, 0.717) is 39.0 Å². The van der Waals surface area contributed by atoms with Crippen LogP contribution < -0.4 is 21.3 Å². The van der Waals surface area contributed by atoms with E-state index in [9.17, 15) is 19.2 Å². The lowest BCUT2D eigenvalue weighted by Gasteiger charge is -2.53. The fraction of sp³-hybridized carbons (Fsp3) is 0.882. The van der Waals surface area contributed by atoms with E-state index in [0.717, 1.165) is 51.6 Å². The zero-order chi connectivity index (χ0) is 34.5. The van der Waals surface area contributed by atoms with Gasteiger partial charge in [-0.3, -0.25) is 0 Å². The van der Waals surface area contributed by atoms with Gasteiger partial charge < -0.3 is 31.1 Å². The van der Waals surface area contributed by atoms with E-state index in [2.05, 4.69) is 72.6 Å². The Morgan fingerprint density at radius 3 is 1.33 bits per heavy atom. The number of urea groups is 4. The summed E-state index contributed by atoms with van der Waals surface area (Å²) >= 11 is 0. The van der Waals surface area contributed by atoms with Crippen LogP contribution in [0.4, 0.5) is 19.2 Å². The third-order valence-corrected chi connectivity index (χ3v) is 9.70. The molecule has 0 radical (unpaired) electrons. The molecule has 1 aliphatic heterocycles. The quantitative estimate of drug-likeness (QED) is 0.205. The summed E-state index contributed by atoms with van der Waals surface area (Å²) in [6.07, 6.45) is 6.57. The van der Waals surface area contributed by atoms with Crippen molar-refractivity contribution in [2.75, 3.05) is 67.5 Å². The van der Waals surface area contributed by atoms with Crippen LogP contribution >= 0.6 is 0 Å². The molecule has 46 heavy (non-hydrogen) atoms. The van der Waals surface area contributed by atoms with E-state index in [1.807, 2.05) is 28.2 Å². The monoisotopic (exact) mass is 649 g/mol. The van der Waals surface area contributed by atoms with Crippen LogP contribution in [0.25, 0.3) is 0 Å². The Kier molecular flexibility index (Phi) is 12.4. The van der Waals surface area contributed by atoms with Crippen molar-refractivity contribution in [2.24, 2.45) is 21.7 Å². The molecule has 0 spiro atoms. The predicted molar refractivity (Wildman–Crippen MR) is 183 cm³/mol. The zero-order valence-corrected chi connectivity index (χ0v) is 30.5. The van der Waals surface area contributed by atoms with Gasteiger partial charge in [-0.25, -0.2) is 29.0 Å². The van der Waals surface area contributed by atoms with Crippen molar-refractivity contribution in [1.29, 1.82) is 0 Å². The van der Waals surface area contributed by atoms with E-state index in [-0.39, 0.29) is 57.9 Å². The Labute approximate surface area is 278 Å². The lowest BCUT2D eigenvalue weighted by molar-refractivity contribution is 0.0117. The molecule has 4 N–H and O–H groups in total. The molecule has 1 saturated heterocycles. The third-order valence-electron chi connectivity index (χ3n) is 9.70. The maximum atomic E-state index is 13.5. The van der Waals surface area contributed by atoms with E-state index in [1.165, 1.54) is 9.80 Å². The van der Waals surface area contributed by atoms with Crippen LogP contribution in [0.2, 0.25) is 0 Å². The average molecular weight is 649 g/mol. The van der Waals surface area contributed by atoms with Gasteiger partial charge in [-0.1, -0.05) is 41.5 Å². The number of nitrogens with one attached hydrogen (secondary N) is 4. The molecule has 0 aromatic rings. The molecule has 3 fully saturated rings. The lowest BCUT2D eigenvalue weighted by atomic mass is 9.62. The van der Waals surface area contributed by atoms with Gasteiger partial charge in [-0.15, -0.1) is 0 Å². The maximum absolute atomic E-state index is 13.5. The Hall–Kier alpha value is -2.60. The van der Waals surface area contributed by atoms with Gasteiger partial charge in [0, 0.05) is 38.3 Å². The first kappa shape index (κ1) is 37.9. The molecular formula is C34H64N8O4. The molecule has 4 unspecified atom stereocenters. The molecule has 264 valence electrons. The van der Waals surface area contributed by atoms with E-state index >= 15 is 0 Å². The number of imide groups is 2. The number of rotatable bonds is 14. The second-order valence-corrected chi connectivity index (χ2v) is 17.4. The second-order valence-electron chi connectivity index (χ2n) is 17.4. The van der Waals surface area contributed by atoms with Crippen LogP contribution in [0.5, 0.6) is 0 Å². The summed E-state index contributed by atoms with van der Waals surface area (Å²) in [6.45, 7) is 16.8. The highest BCUT2D eigenvalue weighted by molar-refractivity contribution is 6.11. The van der Waals surface area contributed by atoms with Crippen molar-refractivity contribution >= 4 is 24.1 Å². The SMILES string of the molecule is CN(C)CCCNC(=O)NC1CC(C)(C)CC(C)(CN2C(=O)N(CC3(C)CC(NC(=O)NCCCN(C)C)CC(C)(C)C3)C2=O)C1. The van der Waals surface area contributed by atoms with Gasteiger partial charge in [-0.05, 0) is 114 Å². The van der Waals surface area contributed by atoms with E-state index in [4.69, 9.17) is 0 Å². The Balaban J connectivity index is 1.56. The average Bonchev–Trinajstić information content (AvgIpc) is 2.88. The molecule has 12 heteroatoms. The van der Waals surface area contributed by atoms with Gasteiger partial charge in [0.2, 0.25) is 0 Å². The minimum absolute atomic E-state index is 0.0387. The lowest BCUT2D eigenvalue weighted by Crippen LogP contribution is -2.68. The van der Waals surface area contributed by atoms with Gasteiger partial charge in [0.15, 0.2) is 0 Å². The number of carbonyl (C=O) groups excluding carboxylic acids is 4. The normalized spacial score (nSPS) is 29.0. The van der Waals surface area contributed by atoms with Crippen molar-refractivity contribution in [3.63, 3.8) is 0 Å². The first-order chi connectivity index (χ1) is 21.2. The number of amides is 8. The van der Waals surface area contributed by atoms with E-state index < -0.39 is 0 Å². The molecule has 0 aromatic heterocycles. The summed E-state index contributed by atoms with van der Waals surface area (Å²) in [7, 11) is 8.06. The maximum Gasteiger partial charge on any atom is 0.336 e. The fourth-order valence-corrected chi connectivity index (χ4v) is 8.82. The highest BCUT2D eigenvalue weighted by Crippen LogP contribution is 2.49. The summed E-state index contributed by atoms with van der Waals surface area (Å²) in [5, 5.41) is 12.3. The van der Waals surface area contributed by atoms with Crippen LogP contribution in [-0.4, -0.2) is 123 Å². The topological polar surface area (TPSA) is 129 Å². The van der Waals surface area contributed by atoms with Crippen LogP contribution in [0.1, 0.15) is 92.9 Å². The number of carbonyl (C=O) groups is 4. The van der Waals surface area contributed by atoms with Crippen molar-refractivity contribution < 1.29 is 19.2 Å². The highest BCUT2D eigenvalue weighted by Gasteiger charge is 2.53. The van der Waals surface area contributed by atoms with Crippen molar-refractivity contribution in [3.8, 4) is 0 Å². The molecule has 12 nitrogen and oxygen atoms in total. The van der Waals surface area contributed by atoms with Crippen molar-refractivity contribution in [2.45, 2.75) is 105 Å². The summed E-state index contributed by atoms with van der Waals surface area (Å²) in [5.41, 5.74) is -0.718. The third kappa shape index (κ3) is 11.3. The largest absolute Gasteiger partial charge is 0.338 e. The second kappa shape index (κ2) is 15.1. The predicted octanol–water partition coefficient (Wildman–Crippen LogP) is 4.52. The van der Waals surface area contributed by atoms with Gasteiger partial charge in [-0.2, -0.15) is 0 Å². The summed E-state index contributed by atoms with van der Waals surface area (Å²) in [5.74, 6) is 0. The zero-order valence-electron chi connectivity index (χ0n) is 30.5. The molecule has 3 rings (SSSR count). The van der Waals surface area contributed by atoms with Gasteiger partial charge >= 0.3 is 24.1 Å². The minimum Gasteiger partial charge on any atom is -0.338 e. The van der Waals surface area contributed by atoms with Crippen molar-refractivity contribution in [1.82, 2.24) is 40.9 Å².